The fourth-order valence-electron chi connectivity index (χ4n) is 4.45. The lowest BCUT2D eigenvalue weighted by Crippen LogP contribution is -2.42. The normalized spacial score (nSPS) is 18.8. The van der Waals surface area contributed by atoms with E-state index in [0.717, 1.165) is 62.9 Å². The van der Waals surface area contributed by atoms with Crippen LogP contribution in [0.5, 0.6) is 0 Å². The summed E-state index contributed by atoms with van der Waals surface area (Å²) in [6.45, 7) is 1.83. The molecule has 1 spiro atoms. The summed E-state index contributed by atoms with van der Waals surface area (Å²) in [6.07, 6.45) is 4.56. The monoisotopic (exact) mass is 460 g/mol. The second-order valence-electron chi connectivity index (χ2n) is 8.47. The van der Waals surface area contributed by atoms with E-state index in [4.69, 9.17) is 5.73 Å². The molecule has 0 unspecified atom stereocenters. The van der Waals surface area contributed by atoms with Gasteiger partial charge < -0.3 is 21.7 Å². The van der Waals surface area contributed by atoms with E-state index < -0.39 is 17.0 Å². The molecule has 3 aliphatic rings. The maximum atomic E-state index is 12.7. The molecule has 32 heavy (non-hydrogen) atoms. The van der Waals surface area contributed by atoms with Crippen LogP contribution in [0.2, 0.25) is 0 Å². The molecule has 9 heteroatoms. The number of fused-ring (bicyclic) bond motifs is 2. The molecule has 0 bridgehead atoms. The van der Waals surface area contributed by atoms with E-state index in [2.05, 4.69) is 28.6 Å². The lowest BCUT2D eigenvalue weighted by molar-refractivity contribution is -0.123. The molecule has 5 rings (SSSR count). The van der Waals surface area contributed by atoms with Crippen LogP contribution in [0.15, 0.2) is 35.2 Å². The van der Waals surface area contributed by atoms with E-state index in [0.29, 0.717) is 16.9 Å². The van der Waals surface area contributed by atoms with Crippen molar-refractivity contribution in [3.8, 4) is 0 Å². The number of thiol groups is 1. The van der Waals surface area contributed by atoms with Crippen molar-refractivity contribution in [3.05, 3.63) is 53.1 Å². The Morgan fingerprint density at radius 1 is 1.16 bits per heavy atom. The third-order valence-corrected chi connectivity index (χ3v) is 6.75. The van der Waals surface area contributed by atoms with E-state index in [1.54, 1.807) is 6.07 Å². The molecule has 5 N–H and O–H groups in total. The standard InChI is InChI=1S/C17H22N4O2.C6H4F2S/c18-10-8-12(15(22)20-11-2-6-19-7-3-11)14-13(9-10)17(4-1-5-17)16(23)21-14;7-4-1-2-6(9)5(8)3-4/h8-9,11,19H,1-7,18H2,(H,20,22)(H,21,23);1-3,9H. The van der Waals surface area contributed by atoms with Gasteiger partial charge in [-0.05, 0) is 68.6 Å². The zero-order chi connectivity index (χ0) is 22.9. The minimum Gasteiger partial charge on any atom is -0.399 e. The number of benzene rings is 2. The topological polar surface area (TPSA) is 96.2 Å². The number of nitrogen functional groups attached to an aromatic ring is 1. The molecule has 0 radical (unpaired) electrons. The van der Waals surface area contributed by atoms with Crippen molar-refractivity contribution in [1.82, 2.24) is 10.6 Å². The molecule has 170 valence electrons. The highest BCUT2D eigenvalue weighted by Crippen LogP contribution is 2.52. The maximum absolute atomic E-state index is 12.7. The first-order valence-corrected chi connectivity index (χ1v) is 11.2. The molecule has 0 atom stereocenters. The fraction of sp³-hybridized carbons (Fsp3) is 0.391. The number of hydrogen-bond acceptors (Lipinski definition) is 5. The van der Waals surface area contributed by atoms with Gasteiger partial charge in [0, 0.05) is 22.7 Å². The van der Waals surface area contributed by atoms with Crippen LogP contribution in [0.25, 0.3) is 0 Å². The zero-order valence-corrected chi connectivity index (χ0v) is 18.4. The number of nitrogens with one attached hydrogen (secondary N) is 3. The van der Waals surface area contributed by atoms with Crippen LogP contribution in [0, 0.1) is 11.6 Å². The Labute approximate surface area is 190 Å². The molecule has 2 aromatic carbocycles. The van der Waals surface area contributed by atoms with Crippen LogP contribution in [0.4, 0.5) is 20.2 Å². The first kappa shape index (κ1) is 22.5. The number of rotatable bonds is 2. The number of piperidine rings is 1. The molecule has 1 aliphatic carbocycles. The lowest BCUT2D eigenvalue weighted by Gasteiger charge is -2.36. The Bertz CT molecular complexity index is 1050. The van der Waals surface area contributed by atoms with Crippen LogP contribution in [-0.2, 0) is 10.2 Å². The average Bonchev–Trinajstić information content (AvgIpc) is 3.03. The molecule has 1 saturated heterocycles. The van der Waals surface area contributed by atoms with Gasteiger partial charge in [-0.2, -0.15) is 0 Å². The molecular weight excluding hydrogens is 434 g/mol. The SMILES string of the molecule is Fc1ccc(S)c(F)c1.Nc1cc(C(=O)NC2CCNCC2)c2c(c1)C1(CCC1)C(=O)N2. The highest BCUT2D eigenvalue weighted by Gasteiger charge is 2.52. The second-order valence-corrected chi connectivity index (χ2v) is 8.96. The van der Waals surface area contributed by atoms with Crippen LogP contribution in [0.3, 0.4) is 0 Å². The van der Waals surface area contributed by atoms with Gasteiger partial charge in [0.2, 0.25) is 5.91 Å². The van der Waals surface area contributed by atoms with Crippen LogP contribution < -0.4 is 21.7 Å². The van der Waals surface area contributed by atoms with Crippen molar-refractivity contribution in [2.45, 2.75) is 48.5 Å². The molecule has 1 saturated carbocycles. The lowest BCUT2D eigenvalue weighted by atomic mass is 9.65. The number of nitrogens with two attached hydrogens (primary N) is 1. The fourth-order valence-corrected chi connectivity index (χ4v) is 4.59. The molecular formula is C23H26F2N4O2S. The van der Waals surface area contributed by atoms with E-state index in [-0.39, 0.29) is 22.8 Å². The number of halogens is 2. The summed E-state index contributed by atoms with van der Waals surface area (Å²) in [6, 6.07) is 6.93. The summed E-state index contributed by atoms with van der Waals surface area (Å²) in [4.78, 5) is 25.3. The first-order valence-electron chi connectivity index (χ1n) is 10.7. The molecule has 2 aromatic rings. The van der Waals surface area contributed by atoms with E-state index >= 15 is 0 Å². The van der Waals surface area contributed by atoms with Gasteiger partial charge in [-0.25, -0.2) is 8.78 Å². The van der Waals surface area contributed by atoms with E-state index in [1.807, 2.05) is 6.07 Å². The minimum absolute atomic E-state index is 0.0141. The Hall–Kier alpha value is -2.65. The van der Waals surface area contributed by atoms with Crippen molar-refractivity contribution < 1.29 is 18.4 Å². The van der Waals surface area contributed by atoms with Gasteiger partial charge in [0.05, 0.1) is 16.7 Å². The van der Waals surface area contributed by atoms with E-state index in [1.165, 1.54) is 6.07 Å². The van der Waals surface area contributed by atoms with Gasteiger partial charge in [-0.1, -0.05) is 6.42 Å². The quantitative estimate of drug-likeness (QED) is 0.351. The molecule has 2 amide bonds. The van der Waals surface area contributed by atoms with Crippen LogP contribution >= 0.6 is 12.6 Å². The molecule has 6 nitrogen and oxygen atoms in total. The smallest absolute Gasteiger partial charge is 0.253 e. The molecule has 2 aliphatic heterocycles. The van der Waals surface area contributed by atoms with Gasteiger partial charge in [-0.15, -0.1) is 12.6 Å². The van der Waals surface area contributed by atoms with Gasteiger partial charge in [0.25, 0.3) is 5.91 Å². The Kier molecular flexibility index (Phi) is 6.39. The third kappa shape index (κ3) is 4.31. The van der Waals surface area contributed by atoms with Crippen LogP contribution in [-0.4, -0.2) is 30.9 Å². The molecule has 0 aromatic heterocycles. The predicted molar refractivity (Wildman–Crippen MR) is 122 cm³/mol. The average molecular weight is 461 g/mol. The molecule has 2 fully saturated rings. The Morgan fingerprint density at radius 2 is 1.88 bits per heavy atom. The Morgan fingerprint density at radius 3 is 2.47 bits per heavy atom. The van der Waals surface area contributed by atoms with Crippen LogP contribution in [0.1, 0.15) is 48.0 Å². The third-order valence-electron chi connectivity index (χ3n) is 6.39. The summed E-state index contributed by atoms with van der Waals surface area (Å²) in [5.41, 5.74) is 8.18. The van der Waals surface area contributed by atoms with Crippen molar-refractivity contribution in [3.63, 3.8) is 0 Å². The second kappa shape index (κ2) is 9.07. The largest absolute Gasteiger partial charge is 0.399 e. The number of anilines is 2. The number of carbonyl (C=O) groups excluding carboxylic acids is 2. The van der Waals surface area contributed by atoms with Gasteiger partial charge in [-0.3, -0.25) is 9.59 Å². The minimum atomic E-state index is -0.627. The van der Waals surface area contributed by atoms with Gasteiger partial charge in [0.15, 0.2) is 0 Å². The van der Waals surface area contributed by atoms with Crippen molar-refractivity contribution in [1.29, 1.82) is 0 Å². The highest BCUT2D eigenvalue weighted by atomic mass is 32.1. The van der Waals surface area contributed by atoms with Gasteiger partial charge >= 0.3 is 0 Å². The van der Waals surface area contributed by atoms with Crippen molar-refractivity contribution in [2.75, 3.05) is 24.1 Å². The number of carbonyl (C=O) groups is 2. The number of amides is 2. The Balaban J connectivity index is 0.000000230. The summed E-state index contributed by atoms with van der Waals surface area (Å²) in [7, 11) is 0. The summed E-state index contributed by atoms with van der Waals surface area (Å²) in [5, 5.41) is 9.30. The number of hydrogen-bond donors (Lipinski definition) is 5. The van der Waals surface area contributed by atoms with Gasteiger partial charge in [0.1, 0.15) is 11.6 Å². The molecule has 2 heterocycles. The predicted octanol–water partition coefficient (Wildman–Crippen LogP) is 3.38. The first-order chi connectivity index (χ1) is 15.3. The van der Waals surface area contributed by atoms with Crippen molar-refractivity contribution >= 4 is 35.8 Å². The maximum Gasteiger partial charge on any atom is 0.253 e. The summed E-state index contributed by atoms with van der Waals surface area (Å²) >= 11 is 3.70. The summed E-state index contributed by atoms with van der Waals surface area (Å²) in [5.74, 6) is -1.33. The van der Waals surface area contributed by atoms with Crippen molar-refractivity contribution in [2.24, 2.45) is 0 Å². The highest BCUT2D eigenvalue weighted by molar-refractivity contribution is 7.80. The van der Waals surface area contributed by atoms with E-state index in [9.17, 15) is 18.4 Å². The summed E-state index contributed by atoms with van der Waals surface area (Å²) < 4.78 is 24.3. The zero-order valence-electron chi connectivity index (χ0n) is 17.5.